The number of aliphatic carboxylic acids is 1. The lowest BCUT2D eigenvalue weighted by Gasteiger charge is -2.14. The third-order valence-electron chi connectivity index (χ3n) is 2.68. The molecule has 3 N–H and O–H groups in total. The second kappa shape index (κ2) is 4.45. The average Bonchev–Trinajstić information content (AvgIpc) is 3.09. The first-order chi connectivity index (χ1) is 8.08. The predicted octanol–water partition coefficient (Wildman–Crippen LogP) is 1.03. The fraction of sp³-hybridized carbons (Fsp3) is 0.333. The molecule has 0 spiro atoms. The number of carbonyl (C=O) groups excluding carboxylic acids is 1. The molecule has 0 aromatic heterocycles. The van der Waals surface area contributed by atoms with Gasteiger partial charge in [0.05, 0.1) is 0 Å². The van der Waals surface area contributed by atoms with E-state index >= 15 is 0 Å². The maximum absolute atomic E-state index is 11.0. The van der Waals surface area contributed by atoms with Crippen molar-refractivity contribution in [3.63, 3.8) is 0 Å². The zero-order chi connectivity index (χ0) is 12.4. The van der Waals surface area contributed by atoms with Gasteiger partial charge in [-0.1, -0.05) is 6.07 Å². The molecule has 0 aliphatic heterocycles. The summed E-state index contributed by atoms with van der Waals surface area (Å²) in [6.07, 6.45) is 0.900. The summed E-state index contributed by atoms with van der Waals surface area (Å²) in [6.45, 7) is 0. The third kappa shape index (κ3) is 2.75. The van der Waals surface area contributed by atoms with Crippen LogP contribution in [0.2, 0.25) is 0 Å². The van der Waals surface area contributed by atoms with Gasteiger partial charge in [-0.25, -0.2) is 4.79 Å². The molecule has 1 aromatic carbocycles. The van der Waals surface area contributed by atoms with Crippen LogP contribution in [0.3, 0.4) is 0 Å². The summed E-state index contributed by atoms with van der Waals surface area (Å²) < 4.78 is 5.38. The largest absolute Gasteiger partial charge is 0.478 e. The van der Waals surface area contributed by atoms with Crippen LogP contribution in [0.4, 0.5) is 0 Å². The van der Waals surface area contributed by atoms with Gasteiger partial charge in [0.25, 0.3) is 0 Å². The van der Waals surface area contributed by atoms with E-state index < -0.39 is 18.0 Å². The lowest BCUT2D eigenvalue weighted by molar-refractivity contribution is -0.146. The molecule has 1 saturated carbocycles. The maximum Gasteiger partial charge on any atom is 0.345 e. The summed E-state index contributed by atoms with van der Waals surface area (Å²) in [6, 6.07) is 6.24. The zero-order valence-electron chi connectivity index (χ0n) is 9.13. The van der Waals surface area contributed by atoms with Gasteiger partial charge < -0.3 is 15.6 Å². The Morgan fingerprint density at radius 3 is 2.65 bits per heavy atom. The van der Waals surface area contributed by atoms with E-state index in [0.717, 1.165) is 12.8 Å². The molecule has 1 unspecified atom stereocenters. The molecule has 1 aliphatic carbocycles. The summed E-state index contributed by atoms with van der Waals surface area (Å²) >= 11 is 0. The molecular weight excluding hydrogens is 222 g/mol. The molecule has 1 fully saturated rings. The Bertz CT molecular complexity index is 454. The first-order valence-corrected chi connectivity index (χ1v) is 5.37. The summed E-state index contributed by atoms with van der Waals surface area (Å²) in [5.41, 5.74) is 5.44. The van der Waals surface area contributed by atoms with Crippen molar-refractivity contribution >= 4 is 11.9 Å². The van der Waals surface area contributed by atoms with Gasteiger partial charge in [0.2, 0.25) is 5.91 Å². The van der Waals surface area contributed by atoms with Crippen LogP contribution in [0, 0.1) is 5.92 Å². The number of hydrogen-bond donors (Lipinski definition) is 2. The van der Waals surface area contributed by atoms with Gasteiger partial charge in [0.15, 0.2) is 6.10 Å². The number of nitrogens with two attached hydrogens (primary N) is 1. The van der Waals surface area contributed by atoms with Crippen LogP contribution >= 0.6 is 0 Å². The second-order valence-corrected chi connectivity index (χ2v) is 4.11. The van der Waals surface area contributed by atoms with E-state index in [0.29, 0.717) is 11.3 Å². The highest BCUT2D eigenvalue weighted by Crippen LogP contribution is 2.35. The average molecular weight is 235 g/mol. The monoisotopic (exact) mass is 235 g/mol. The topological polar surface area (TPSA) is 89.6 Å². The van der Waals surface area contributed by atoms with Gasteiger partial charge in [-0.05, 0) is 31.0 Å². The number of amides is 1. The minimum absolute atomic E-state index is 0.0738. The van der Waals surface area contributed by atoms with Crippen LogP contribution in [0.15, 0.2) is 24.3 Å². The van der Waals surface area contributed by atoms with Crippen molar-refractivity contribution in [2.45, 2.75) is 18.9 Å². The number of benzene rings is 1. The Morgan fingerprint density at radius 1 is 1.41 bits per heavy atom. The van der Waals surface area contributed by atoms with Gasteiger partial charge in [-0.15, -0.1) is 0 Å². The Labute approximate surface area is 98.2 Å². The lowest BCUT2D eigenvalue weighted by Crippen LogP contribution is -2.29. The highest BCUT2D eigenvalue weighted by atomic mass is 16.5. The van der Waals surface area contributed by atoms with Crippen molar-refractivity contribution in [1.29, 1.82) is 0 Å². The van der Waals surface area contributed by atoms with E-state index in [4.69, 9.17) is 15.6 Å². The lowest BCUT2D eigenvalue weighted by atomic mass is 10.2. The van der Waals surface area contributed by atoms with E-state index in [1.54, 1.807) is 18.2 Å². The van der Waals surface area contributed by atoms with Gasteiger partial charge in [0.1, 0.15) is 5.75 Å². The maximum atomic E-state index is 11.0. The Hall–Kier alpha value is -2.04. The molecule has 0 radical (unpaired) electrons. The van der Waals surface area contributed by atoms with Crippen LogP contribution in [-0.2, 0) is 4.79 Å². The minimum atomic E-state index is -0.975. The highest BCUT2D eigenvalue weighted by molar-refractivity contribution is 5.93. The molecule has 5 heteroatoms. The molecular formula is C12H13NO4. The number of carboxylic acids is 1. The molecule has 5 nitrogen and oxygen atoms in total. The van der Waals surface area contributed by atoms with E-state index in [9.17, 15) is 9.59 Å². The summed E-state index contributed by atoms with van der Waals surface area (Å²) in [7, 11) is 0. The van der Waals surface area contributed by atoms with E-state index in [-0.39, 0.29) is 5.92 Å². The van der Waals surface area contributed by atoms with Crippen LogP contribution < -0.4 is 10.5 Å². The van der Waals surface area contributed by atoms with Gasteiger partial charge in [-0.2, -0.15) is 0 Å². The summed E-state index contributed by atoms with van der Waals surface area (Å²) in [4.78, 5) is 22.0. The van der Waals surface area contributed by atoms with Gasteiger partial charge >= 0.3 is 5.97 Å². The number of hydrogen-bond acceptors (Lipinski definition) is 3. The van der Waals surface area contributed by atoms with E-state index in [2.05, 4.69) is 0 Å². The van der Waals surface area contributed by atoms with Crippen molar-refractivity contribution < 1.29 is 19.4 Å². The number of carboxylic acid groups (broad SMARTS) is 1. The van der Waals surface area contributed by atoms with E-state index in [1.807, 2.05) is 0 Å². The molecule has 90 valence electrons. The van der Waals surface area contributed by atoms with Crippen LogP contribution in [0.25, 0.3) is 0 Å². The van der Waals surface area contributed by atoms with Crippen LogP contribution in [0.5, 0.6) is 5.75 Å². The fourth-order valence-electron chi connectivity index (χ4n) is 1.62. The standard InChI is InChI=1S/C12H13NO4/c13-11(14)8-2-1-3-9(6-8)17-10(12(15)16)7-4-5-7/h1-3,6-7,10H,4-5H2,(H2,13,14)(H,15,16). The Kier molecular flexibility index (Phi) is 2.99. The van der Waals surface area contributed by atoms with Gasteiger partial charge in [0, 0.05) is 11.5 Å². The number of carbonyl (C=O) groups is 2. The molecule has 0 saturated heterocycles. The number of rotatable bonds is 5. The fourth-order valence-corrected chi connectivity index (χ4v) is 1.62. The van der Waals surface area contributed by atoms with Crippen molar-refractivity contribution in [3.05, 3.63) is 29.8 Å². The molecule has 17 heavy (non-hydrogen) atoms. The highest BCUT2D eigenvalue weighted by Gasteiger charge is 2.38. The molecule has 1 amide bonds. The third-order valence-corrected chi connectivity index (χ3v) is 2.68. The Balaban J connectivity index is 2.14. The second-order valence-electron chi connectivity index (χ2n) is 4.11. The molecule has 1 aromatic rings. The molecule has 0 heterocycles. The first kappa shape index (κ1) is 11.4. The van der Waals surface area contributed by atoms with Crippen LogP contribution in [0.1, 0.15) is 23.2 Å². The van der Waals surface area contributed by atoms with Crippen molar-refractivity contribution in [2.24, 2.45) is 11.7 Å². The first-order valence-electron chi connectivity index (χ1n) is 5.37. The zero-order valence-corrected chi connectivity index (χ0v) is 9.13. The van der Waals surface area contributed by atoms with Gasteiger partial charge in [-0.3, -0.25) is 4.79 Å². The van der Waals surface area contributed by atoms with Crippen molar-refractivity contribution in [2.75, 3.05) is 0 Å². The predicted molar refractivity (Wildman–Crippen MR) is 59.7 cm³/mol. The van der Waals surface area contributed by atoms with E-state index in [1.165, 1.54) is 6.07 Å². The quantitative estimate of drug-likeness (QED) is 0.797. The summed E-state index contributed by atoms with van der Waals surface area (Å²) in [5.74, 6) is -1.10. The minimum Gasteiger partial charge on any atom is -0.478 e. The normalized spacial score (nSPS) is 16.2. The molecule has 1 aliphatic rings. The Morgan fingerprint density at radius 2 is 2.12 bits per heavy atom. The molecule has 0 bridgehead atoms. The van der Waals surface area contributed by atoms with Crippen molar-refractivity contribution in [1.82, 2.24) is 0 Å². The number of primary amides is 1. The SMILES string of the molecule is NC(=O)c1cccc(OC(C(=O)O)C2CC2)c1. The van der Waals surface area contributed by atoms with Crippen molar-refractivity contribution in [3.8, 4) is 5.75 Å². The summed E-state index contributed by atoms with van der Waals surface area (Å²) in [5, 5.41) is 9.01. The molecule has 2 rings (SSSR count). The molecule has 1 atom stereocenters. The smallest absolute Gasteiger partial charge is 0.345 e. The van der Waals surface area contributed by atoms with Crippen LogP contribution in [-0.4, -0.2) is 23.1 Å². The number of ether oxygens (including phenoxy) is 1.